The number of fused-ring (bicyclic) bond motifs is 1. The Kier molecular flexibility index (Phi) is 3.28. The topological polar surface area (TPSA) is 78.2 Å². The Labute approximate surface area is 115 Å². The molecule has 2 N–H and O–H groups in total. The number of carbonyl (C=O) groups excluding carboxylic acids is 1. The lowest BCUT2D eigenvalue weighted by Crippen LogP contribution is -2.37. The van der Waals surface area contributed by atoms with Crippen LogP contribution < -0.4 is 5.56 Å². The lowest BCUT2D eigenvalue weighted by Gasteiger charge is -2.25. The largest absolute Gasteiger partial charge is 0.445 e. The molecule has 20 heavy (non-hydrogen) atoms. The quantitative estimate of drug-likeness (QED) is 0.868. The van der Waals surface area contributed by atoms with Gasteiger partial charge in [-0.3, -0.25) is 9.89 Å². The average molecular weight is 273 g/mol. The van der Waals surface area contributed by atoms with Gasteiger partial charge in [0.2, 0.25) is 0 Å². The minimum Gasteiger partial charge on any atom is -0.445 e. The third-order valence-corrected chi connectivity index (χ3v) is 3.41. The Morgan fingerprint density at radius 1 is 1.25 bits per heavy atom. The number of amides is 1. The van der Waals surface area contributed by atoms with E-state index in [0.717, 1.165) is 11.3 Å². The smallest absolute Gasteiger partial charge is 0.410 e. The molecule has 2 heterocycles. The molecule has 6 heteroatoms. The van der Waals surface area contributed by atoms with Gasteiger partial charge in [-0.05, 0) is 5.56 Å². The van der Waals surface area contributed by atoms with E-state index in [-0.39, 0.29) is 18.3 Å². The van der Waals surface area contributed by atoms with Crippen LogP contribution in [0.3, 0.4) is 0 Å². The number of aromatic nitrogens is 2. The highest BCUT2D eigenvalue weighted by molar-refractivity contribution is 5.68. The van der Waals surface area contributed by atoms with E-state index in [2.05, 4.69) is 10.2 Å². The SMILES string of the molecule is O=C(OCc1ccccc1)N1CCc2[nH][nH]c(=O)c2C1. The number of rotatable bonds is 2. The summed E-state index contributed by atoms with van der Waals surface area (Å²) in [5, 5.41) is 5.36. The molecule has 0 aliphatic carbocycles. The molecule has 1 aliphatic rings. The molecule has 2 aromatic rings. The van der Waals surface area contributed by atoms with E-state index in [0.29, 0.717) is 25.1 Å². The van der Waals surface area contributed by atoms with Crippen LogP contribution in [-0.4, -0.2) is 27.7 Å². The van der Waals surface area contributed by atoms with E-state index in [4.69, 9.17) is 4.74 Å². The van der Waals surface area contributed by atoms with Crippen LogP contribution in [0.4, 0.5) is 4.79 Å². The van der Waals surface area contributed by atoms with Crippen molar-refractivity contribution in [3.8, 4) is 0 Å². The van der Waals surface area contributed by atoms with E-state index < -0.39 is 0 Å². The Bertz CT molecular complexity index is 660. The van der Waals surface area contributed by atoms with Gasteiger partial charge in [0.05, 0.1) is 12.1 Å². The summed E-state index contributed by atoms with van der Waals surface area (Å²) in [4.78, 5) is 25.1. The van der Waals surface area contributed by atoms with Crippen LogP contribution in [0.5, 0.6) is 0 Å². The Balaban J connectivity index is 1.62. The first-order valence-electron chi connectivity index (χ1n) is 6.48. The molecule has 0 unspecified atom stereocenters. The molecule has 0 radical (unpaired) electrons. The molecule has 0 fully saturated rings. The summed E-state index contributed by atoms with van der Waals surface area (Å²) in [5.74, 6) is 0. The third-order valence-electron chi connectivity index (χ3n) is 3.41. The predicted octanol–water partition coefficient (Wildman–Crippen LogP) is 1.40. The van der Waals surface area contributed by atoms with Crippen molar-refractivity contribution < 1.29 is 9.53 Å². The lowest BCUT2D eigenvalue weighted by molar-refractivity contribution is 0.0916. The zero-order chi connectivity index (χ0) is 13.9. The molecular formula is C14H15N3O3. The van der Waals surface area contributed by atoms with Gasteiger partial charge in [0.15, 0.2) is 0 Å². The van der Waals surface area contributed by atoms with Crippen LogP contribution in [0.1, 0.15) is 16.8 Å². The summed E-state index contributed by atoms with van der Waals surface area (Å²) in [7, 11) is 0. The number of carbonyl (C=O) groups is 1. The molecule has 0 bridgehead atoms. The van der Waals surface area contributed by atoms with Crippen molar-refractivity contribution in [2.24, 2.45) is 0 Å². The maximum atomic E-state index is 12.0. The van der Waals surface area contributed by atoms with Crippen LogP contribution in [0.2, 0.25) is 0 Å². The van der Waals surface area contributed by atoms with E-state index in [1.54, 1.807) is 4.90 Å². The molecule has 0 spiro atoms. The fraction of sp³-hybridized carbons (Fsp3) is 0.286. The van der Waals surface area contributed by atoms with Crippen molar-refractivity contribution in [2.75, 3.05) is 6.54 Å². The number of ether oxygens (including phenoxy) is 1. The van der Waals surface area contributed by atoms with Gasteiger partial charge in [0.1, 0.15) is 6.61 Å². The van der Waals surface area contributed by atoms with Crippen LogP contribution in [-0.2, 0) is 24.3 Å². The van der Waals surface area contributed by atoms with Gasteiger partial charge < -0.3 is 14.7 Å². The molecular weight excluding hydrogens is 258 g/mol. The highest BCUT2D eigenvalue weighted by atomic mass is 16.6. The van der Waals surface area contributed by atoms with Crippen molar-refractivity contribution in [2.45, 2.75) is 19.6 Å². The minimum atomic E-state index is -0.389. The molecule has 0 saturated carbocycles. The van der Waals surface area contributed by atoms with Crippen molar-refractivity contribution in [1.29, 1.82) is 0 Å². The second-order valence-corrected chi connectivity index (χ2v) is 4.75. The summed E-state index contributed by atoms with van der Waals surface area (Å²) < 4.78 is 5.26. The second-order valence-electron chi connectivity index (χ2n) is 4.75. The van der Waals surface area contributed by atoms with Gasteiger partial charge >= 0.3 is 6.09 Å². The van der Waals surface area contributed by atoms with Crippen LogP contribution in [0.25, 0.3) is 0 Å². The minimum absolute atomic E-state index is 0.166. The van der Waals surface area contributed by atoms with Gasteiger partial charge in [0.25, 0.3) is 5.56 Å². The Hall–Kier alpha value is -2.50. The van der Waals surface area contributed by atoms with E-state index in [1.165, 1.54) is 0 Å². The molecule has 0 atom stereocenters. The van der Waals surface area contributed by atoms with Gasteiger partial charge in [-0.25, -0.2) is 4.79 Å². The van der Waals surface area contributed by atoms with E-state index in [1.807, 2.05) is 30.3 Å². The maximum absolute atomic E-state index is 12.0. The number of benzene rings is 1. The third kappa shape index (κ3) is 2.45. The van der Waals surface area contributed by atoms with Crippen molar-refractivity contribution in [1.82, 2.24) is 15.1 Å². The molecule has 1 aromatic carbocycles. The van der Waals surface area contributed by atoms with Gasteiger partial charge in [-0.15, -0.1) is 0 Å². The monoisotopic (exact) mass is 273 g/mol. The first-order chi connectivity index (χ1) is 9.74. The number of nitrogens with zero attached hydrogens (tertiary/aromatic N) is 1. The van der Waals surface area contributed by atoms with E-state index >= 15 is 0 Å². The molecule has 3 rings (SSSR count). The summed E-state index contributed by atoms with van der Waals surface area (Å²) in [6, 6.07) is 9.51. The molecule has 0 saturated heterocycles. The highest BCUT2D eigenvalue weighted by Gasteiger charge is 2.24. The van der Waals surface area contributed by atoms with Crippen LogP contribution in [0.15, 0.2) is 35.1 Å². The lowest BCUT2D eigenvalue weighted by atomic mass is 10.1. The first-order valence-corrected chi connectivity index (χ1v) is 6.48. The molecule has 1 aromatic heterocycles. The van der Waals surface area contributed by atoms with Crippen molar-refractivity contribution >= 4 is 6.09 Å². The highest BCUT2D eigenvalue weighted by Crippen LogP contribution is 2.14. The predicted molar refractivity (Wildman–Crippen MR) is 72.2 cm³/mol. The summed E-state index contributed by atoms with van der Waals surface area (Å²) in [6.45, 7) is 1.09. The number of nitrogens with one attached hydrogen (secondary N) is 2. The van der Waals surface area contributed by atoms with Gasteiger partial charge in [-0.2, -0.15) is 0 Å². The summed E-state index contributed by atoms with van der Waals surface area (Å²) in [6.07, 6.45) is 0.245. The Morgan fingerprint density at radius 3 is 2.85 bits per heavy atom. The first kappa shape index (κ1) is 12.5. The zero-order valence-corrected chi connectivity index (χ0v) is 10.9. The fourth-order valence-electron chi connectivity index (χ4n) is 2.28. The normalized spacial score (nSPS) is 13.9. The van der Waals surface area contributed by atoms with Crippen molar-refractivity contribution in [3.05, 3.63) is 57.5 Å². The standard InChI is InChI=1S/C14H15N3O3/c18-13-11-8-17(7-6-12(11)15-16-13)14(19)20-9-10-4-2-1-3-5-10/h1-5H,6-9H2,(H2,15,16,18). The molecule has 1 aliphatic heterocycles. The van der Waals surface area contributed by atoms with Gasteiger partial charge in [-0.1, -0.05) is 30.3 Å². The summed E-state index contributed by atoms with van der Waals surface area (Å²) >= 11 is 0. The molecule has 104 valence electrons. The van der Waals surface area contributed by atoms with Crippen molar-refractivity contribution in [3.63, 3.8) is 0 Å². The zero-order valence-electron chi connectivity index (χ0n) is 10.9. The molecule has 6 nitrogen and oxygen atoms in total. The van der Waals surface area contributed by atoms with E-state index in [9.17, 15) is 9.59 Å². The number of H-pyrrole nitrogens is 2. The maximum Gasteiger partial charge on any atom is 0.410 e. The van der Waals surface area contributed by atoms with Gasteiger partial charge in [0, 0.05) is 18.7 Å². The number of hydrogen-bond donors (Lipinski definition) is 2. The van der Waals surface area contributed by atoms with Crippen LogP contribution >= 0.6 is 0 Å². The summed E-state index contributed by atoms with van der Waals surface area (Å²) in [5.41, 5.74) is 2.27. The number of aromatic amines is 2. The number of hydrogen-bond acceptors (Lipinski definition) is 3. The average Bonchev–Trinajstić information content (AvgIpc) is 2.87. The van der Waals surface area contributed by atoms with Crippen LogP contribution in [0, 0.1) is 0 Å². The fourth-order valence-corrected chi connectivity index (χ4v) is 2.28. The molecule has 1 amide bonds. The Morgan fingerprint density at radius 2 is 2.05 bits per heavy atom. The second kappa shape index (κ2) is 5.24.